The third-order valence-electron chi connectivity index (χ3n) is 4.10. The van der Waals surface area contributed by atoms with Gasteiger partial charge in [0.25, 0.3) is 0 Å². The first-order chi connectivity index (χ1) is 11.2. The number of carbonyl (C=O) groups excluding carboxylic acids is 1. The van der Waals surface area contributed by atoms with Crippen LogP contribution in [-0.4, -0.2) is 57.4 Å². The molecule has 122 valence electrons. The van der Waals surface area contributed by atoms with Gasteiger partial charge in [0.15, 0.2) is 5.82 Å². The monoisotopic (exact) mass is 315 g/mol. The minimum atomic E-state index is 0.161. The molecule has 1 amide bonds. The fourth-order valence-corrected chi connectivity index (χ4v) is 2.90. The average Bonchev–Trinajstić information content (AvgIpc) is 3.04. The lowest BCUT2D eigenvalue weighted by atomic mass is 9.96. The van der Waals surface area contributed by atoms with Crippen molar-refractivity contribution in [3.8, 4) is 5.82 Å². The number of amides is 1. The van der Waals surface area contributed by atoms with Crippen LogP contribution in [0.15, 0.2) is 24.5 Å². The standard InChI is InChI=1S/C16H21N5O2/c1-12-4-3-5-14(19-12)21-16(17-11-18-21)13-6-7-15(22)20(10-13)8-9-23-2/h3-5,11,13H,6-10H2,1-2H3/t13-/m1/s1. The van der Waals surface area contributed by atoms with Crippen LogP contribution in [0.25, 0.3) is 5.82 Å². The van der Waals surface area contributed by atoms with Crippen LogP contribution in [0.1, 0.15) is 30.3 Å². The molecule has 1 saturated heterocycles. The quantitative estimate of drug-likeness (QED) is 0.832. The number of methoxy groups -OCH3 is 1. The lowest BCUT2D eigenvalue weighted by Crippen LogP contribution is -2.41. The van der Waals surface area contributed by atoms with Crippen molar-refractivity contribution in [2.24, 2.45) is 0 Å². The maximum absolute atomic E-state index is 12.0. The first kappa shape index (κ1) is 15.6. The third-order valence-corrected chi connectivity index (χ3v) is 4.10. The number of piperidine rings is 1. The number of hydrogen-bond donors (Lipinski definition) is 0. The highest BCUT2D eigenvalue weighted by Gasteiger charge is 2.29. The SMILES string of the molecule is COCCN1C[C@H](c2ncnn2-c2cccc(C)n2)CCC1=O. The molecule has 1 fully saturated rings. The van der Waals surface area contributed by atoms with E-state index in [-0.39, 0.29) is 11.8 Å². The molecular weight excluding hydrogens is 294 g/mol. The smallest absolute Gasteiger partial charge is 0.222 e. The summed E-state index contributed by atoms with van der Waals surface area (Å²) < 4.78 is 6.87. The lowest BCUT2D eigenvalue weighted by Gasteiger charge is -2.32. The van der Waals surface area contributed by atoms with Crippen molar-refractivity contribution in [1.29, 1.82) is 0 Å². The molecular formula is C16H21N5O2. The molecule has 2 aromatic heterocycles. The molecule has 0 N–H and O–H groups in total. The van der Waals surface area contributed by atoms with Gasteiger partial charge in [-0.2, -0.15) is 9.78 Å². The van der Waals surface area contributed by atoms with E-state index in [4.69, 9.17) is 4.74 Å². The van der Waals surface area contributed by atoms with Crippen LogP contribution in [0.5, 0.6) is 0 Å². The van der Waals surface area contributed by atoms with Gasteiger partial charge in [-0.15, -0.1) is 0 Å². The van der Waals surface area contributed by atoms with Gasteiger partial charge < -0.3 is 9.64 Å². The number of aromatic nitrogens is 4. The van der Waals surface area contributed by atoms with Crippen molar-refractivity contribution < 1.29 is 9.53 Å². The van der Waals surface area contributed by atoms with E-state index in [1.165, 1.54) is 0 Å². The molecule has 0 radical (unpaired) electrons. The fraction of sp³-hybridized carbons (Fsp3) is 0.500. The van der Waals surface area contributed by atoms with Crippen LogP contribution < -0.4 is 0 Å². The second-order valence-corrected chi connectivity index (χ2v) is 5.74. The molecule has 1 aliphatic rings. The van der Waals surface area contributed by atoms with Gasteiger partial charge in [-0.3, -0.25) is 4.79 Å². The van der Waals surface area contributed by atoms with E-state index in [1.54, 1.807) is 18.1 Å². The molecule has 0 unspecified atom stereocenters. The molecule has 7 heteroatoms. The van der Waals surface area contributed by atoms with Gasteiger partial charge in [0.05, 0.1) is 6.61 Å². The van der Waals surface area contributed by atoms with E-state index in [9.17, 15) is 4.79 Å². The highest BCUT2D eigenvalue weighted by molar-refractivity contribution is 5.77. The van der Waals surface area contributed by atoms with Crippen LogP contribution in [0.4, 0.5) is 0 Å². The number of carbonyl (C=O) groups is 1. The van der Waals surface area contributed by atoms with Crippen molar-refractivity contribution in [3.05, 3.63) is 36.0 Å². The number of rotatable bonds is 5. The van der Waals surface area contributed by atoms with Crippen molar-refractivity contribution in [1.82, 2.24) is 24.6 Å². The number of ether oxygens (including phenoxy) is 1. The summed E-state index contributed by atoms with van der Waals surface area (Å²) in [5.74, 6) is 1.96. The minimum Gasteiger partial charge on any atom is -0.383 e. The Kier molecular flexibility index (Phi) is 4.66. The van der Waals surface area contributed by atoms with Crippen molar-refractivity contribution >= 4 is 5.91 Å². The van der Waals surface area contributed by atoms with Gasteiger partial charge >= 0.3 is 0 Å². The molecule has 7 nitrogen and oxygen atoms in total. The summed E-state index contributed by atoms with van der Waals surface area (Å²) >= 11 is 0. The number of likely N-dealkylation sites (tertiary alicyclic amines) is 1. The van der Waals surface area contributed by atoms with Crippen LogP contribution >= 0.6 is 0 Å². The molecule has 2 aromatic rings. The van der Waals surface area contributed by atoms with Gasteiger partial charge in [-0.25, -0.2) is 9.97 Å². The molecule has 0 saturated carbocycles. The predicted octanol–water partition coefficient (Wildman–Crippen LogP) is 1.32. The lowest BCUT2D eigenvalue weighted by molar-refractivity contribution is -0.134. The molecule has 0 aliphatic carbocycles. The largest absolute Gasteiger partial charge is 0.383 e. The number of pyridine rings is 1. The van der Waals surface area contributed by atoms with Crippen molar-refractivity contribution in [3.63, 3.8) is 0 Å². The zero-order valence-corrected chi connectivity index (χ0v) is 13.5. The molecule has 3 heterocycles. The normalized spacial score (nSPS) is 18.4. The first-order valence-electron chi connectivity index (χ1n) is 7.79. The minimum absolute atomic E-state index is 0.161. The second-order valence-electron chi connectivity index (χ2n) is 5.74. The summed E-state index contributed by atoms with van der Waals surface area (Å²) in [5.41, 5.74) is 0.935. The van der Waals surface area contributed by atoms with E-state index < -0.39 is 0 Å². The van der Waals surface area contributed by atoms with Crippen molar-refractivity contribution in [2.45, 2.75) is 25.7 Å². The van der Waals surface area contributed by atoms with Gasteiger partial charge in [0.2, 0.25) is 5.91 Å². The van der Waals surface area contributed by atoms with Gasteiger partial charge in [0, 0.05) is 38.2 Å². The van der Waals surface area contributed by atoms with Crippen molar-refractivity contribution in [2.75, 3.05) is 26.8 Å². The summed E-state index contributed by atoms with van der Waals surface area (Å²) in [5, 5.41) is 4.32. The van der Waals surface area contributed by atoms with Gasteiger partial charge in [0.1, 0.15) is 12.2 Å². The highest BCUT2D eigenvalue weighted by Crippen LogP contribution is 2.27. The number of aryl methyl sites for hydroxylation is 1. The molecule has 1 atom stereocenters. The summed E-state index contributed by atoms with van der Waals surface area (Å²) in [4.78, 5) is 22.8. The van der Waals surface area contributed by atoms with Crippen LogP contribution in [0, 0.1) is 6.92 Å². The molecule has 23 heavy (non-hydrogen) atoms. The van der Waals surface area contributed by atoms with Crippen LogP contribution in [0.3, 0.4) is 0 Å². The van der Waals surface area contributed by atoms with Crippen LogP contribution in [0.2, 0.25) is 0 Å². The summed E-state index contributed by atoms with van der Waals surface area (Å²) in [6.07, 6.45) is 2.87. The van der Waals surface area contributed by atoms with Crippen LogP contribution in [-0.2, 0) is 9.53 Å². The summed E-state index contributed by atoms with van der Waals surface area (Å²) in [6.45, 7) is 3.76. The Morgan fingerprint density at radius 3 is 3.04 bits per heavy atom. The van der Waals surface area contributed by atoms with E-state index in [0.717, 1.165) is 23.8 Å². The second kappa shape index (κ2) is 6.87. The summed E-state index contributed by atoms with van der Waals surface area (Å²) in [7, 11) is 1.64. The molecule has 0 bridgehead atoms. The average molecular weight is 315 g/mol. The first-order valence-corrected chi connectivity index (χ1v) is 7.79. The maximum atomic E-state index is 12.0. The number of nitrogens with zero attached hydrogens (tertiary/aromatic N) is 5. The topological polar surface area (TPSA) is 73.1 Å². The van der Waals surface area contributed by atoms with E-state index in [1.807, 2.05) is 30.0 Å². The summed E-state index contributed by atoms with van der Waals surface area (Å²) in [6, 6.07) is 5.83. The molecule has 3 rings (SSSR count). The maximum Gasteiger partial charge on any atom is 0.222 e. The Labute approximate surface area is 135 Å². The zero-order chi connectivity index (χ0) is 16.2. The molecule has 0 spiro atoms. The third kappa shape index (κ3) is 3.39. The Morgan fingerprint density at radius 2 is 2.26 bits per heavy atom. The molecule has 1 aliphatic heterocycles. The predicted molar refractivity (Wildman–Crippen MR) is 84.3 cm³/mol. The number of hydrogen-bond acceptors (Lipinski definition) is 5. The zero-order valence-electron chi connectivity index (χ0n) is 13.5. The highest BCUT2D eigenvalue weighted by atomic mass is 16.5. The van der Waals surface area contributed by atoms with Gasteiger partial charge in [-0.05, 0) is 25.5 Å². The Bertz CT molecular complexity index is 685. The molecule has 0 aromatic carbocycles. The fourth-order valence-electron chi connectivity index (χ4n) is 2.90. The Balaban J connectivity index is 1.82. The van der Waals surface area contributed by atoms with E-state index in [2.05, 4.69) is 15.1 Å². The van der Waals surface area contributed by atoms with E-state index in [0.29, 0.717) is 26.1 Å². The van der Waals surface area contributed by atoms with Gasteiger partial charge in [-0.1, -0.05) is 6.07 Å². The Hall–Kier alpha value is -2.28. The van der Waals surface area contributed by atoms with E-state index >= 15 is 0 Å². The Morgan fingerprint density at radius 1 is 1.39 bits per heavy atom.